The van der Waals surface area contributed by atoms with E-state index < -0.39 is 17.8 Å². The number of nitrogens with zero attached hydrogens (tertiary/aromatic N) is 2. The summed E-state index contributed by atoms with van der Waals surface area (Å²) in [7, 11) is 3.03. The van der Waals surface area contributed by atoms with E-state index in [0.29, 0.717) is 22.7 Å². The second-order valence-corrected chi connectivity index (χ2v) is 8.72. The lowest BCUT2D eigenvalue weighted by molar-refractivity contribution is -0.123. The van der Waals surface area contributed by atoms with Crippen molar-refractivity contribution in [2.75, 3.05) is 19.1 Å². The SMILES string of the molecule is COc1ccc(OC)c([C@H](C(=O)NC2CCCCC2)N(C(=O)c2ccccn2)c2ccc(F)cc2)c1. The summed E-state index contributed by atoms with van der Waals surface area (Å²) in [6, 6.07) is 14.4. The third-order valence-electron chi connectivity index (χ3n) is 6.40. The highest BCUT2D eigenvalue weighted by molar-refractivity contribution is 6.09. The molecule has 1 saturated carbocycles. The first-order valence-electron chi connectivity index (χ1n) is 12.0. The average molecular weight is 492 g/mol. The molecule has 1 fully saturated rings. The lowest BCUT2D eigenvalue weighted by atomic mass is 9.94. The number of carbonyl (C=O) groups excluding carboxylic acids is 2. The Balaban J connectivity index is 1.87. The molecule has 0 spiro atoms. The molecule has 1 heterocycles. The molecule has 0 aliphatic heterocycles. The predicted molar refractivity (Wildman–Crippen MR) is 135 cm³/mol. The van der Waals surface area contributed by atoms with Gasteiger partial charge in [-0.15, -0.1) is 0 Å². The molecule has 1 aliphatic rings. The molecule has 36 heavy (non-hydrogen) atoms. The van der Waals surface area contributed by atoms with Crippen molar-refractivity contribution < 1.29 is 23.5 Å². The van der Waals surface area contributed by atoms with Crippen molar-refractivity contribution in [3.8, 4) is 11.5 Å². The molecule has 2 amide bonds. The maximum atomic E-state index is 14.0. The number of amides is 2. The van der Waals surface area contributed by atoms with Crippen molar-refractivity contribution in [1.82, 2.24) is 10.3 Å². The minimum atomic E-state index is -1.13. The van der Waals surface area contributed by atoms with Crippen molar-refractivity contribution >= 4 is 17.5 Å². The Morgan fingerprint density at radius 1 is 1.00 bits per heavy atom. The van der Waals surface area contributed by atoms with E-state index in [4.69, 9.17) is 9.47 Å². The van der Waals surface area contributed by atoms with Crippen LogP contribution in [0.25, 0.3) is 0 Å². The van der Waals surface area contributed by atoms with Gasteiger partial charge in [-0.2, -0.15) is 0 Å². The van der Waals surface area contributed by atoms with Gasteiger partial charge in [0.2, 0.25) is 5.91 Å². The minimum absolute atomic E-state index is 0.00497. The van der Waals surface area contributed by atoms with Crippen molar-refractivity contribution in [3.63, 3.8) is 0 Å². The molecule has 1 aromatic heterocycles. The number of nitrogens with one attached hydrogen (secondary N) is 1. The van der Waals surface area contributed by atoms with Gasteiger partial charge >= 0.3 is 0 Å². The third kappa shape index (κ3) is 5.64. The highest BCUT2D eigenvalue weighted by Crippen LogP contribution is 2.37. The molecule has 2 aromatic carbocycles. The average Bonchev–Trinajstić information content (AvgIpc) is 2.92. The second kappa shape index (κ2) is 11.7. The number of anilines is 1. The molecule has 0 bridgehead atoms. The van der Waals surface area contributed by atoms with Crippen LogP contribution in [0.4, 0.5) is 10.1 Å². The Bertz CT molecular complexity index is 1180. The first-order chi connectivity index (χ1) is 17.5. The van der Waals surface area contributed by atoms with E-state index >= 15 is 0 Å². The number of methoxy groups -OCH3 is 2. The highest BCUT2D eigenvalue weighted by atomic mass is 19.1. The van der Waals surface area contributed by atoms with Crippen LogP contribution >= 0.6 is 0 Å². The first-order valence-corrected chi connectivity index (χ1v) is 12.0. The fourth-order valence-corrected chi connectivity index (χ4v) is 4.58. The van der Waals surface area contributed by atoms with Crippen LogP contribution in [0.2, 0.25) is 0 Å². The van der Waals surface area contributed by atoms with E-state index in [9.17, 15) is 14.0 Å². The van der Waals surface area contributed by atoms with Crippen LogP contribution in [-0.4, -0.2) is 37.1 Å². The Kier molecular flexibility index (Phi) is 8.15. The number of halogens is 1. The van der Waals surface area contributed by atoms with Crippen LogP contribution in [-0.2, 0) is 4.79 Å². The fraction of sp³-hybridized carbons (Fsp3) is 0.321. The van der Waals surface area contributed by atoms with Crippen LogP contribution in [0.1, 0.15) is 54.2 Å². The lowest BCUT2D eigenvalue weighted by Crippen LogP contribution is -2.47. The normalized spacial score (nSPS) is 14.5. The van der Waals surface area contributed by atoms with Crippen molar-refractivity contribution in [3.05, 3.63) is 83.9 Å². The number of hydrogen-bond donors (Lipinski definition) is 1. The number of benzene rings is 2. The quantitative estimate of drug-likeness (QED) is 0.476. The van der Waals surface area contributed by atoms with Crippen molar-refractivity contribution in [2.24, 2.45) is 0 Å². The number of pyridine rings is 1. The summed E-state index contributed by atoms with van der Waals surface area (Å²) in [5, 5.41) is 3.15. The van der Waals surface area contributed by atoms with Crippen LogP contribution in [0.5, 0.6) is 11.5 Å². The summed E-state index contributed by atoms with van der Waals surface area (Å²) in [6.07, 6.45) is 6.47. The van der Waals surface area contributed by atoms with Gasteiger partial charge in [0.15, 0.2) is 0 Å². The second-order valence-electron chi connectivity index (χ2n) is 8.72. The number of hydrogen-bond acceptors (Lipinski definition) is 5. The zero-order valence-corrected chi connectivity index (χ0v) is 20.4. The van der Waals surface area contributed by atoms with Crippen LogP contribution < -0.4 is 19.7 Å². The van der Waals surface area contributed by atoms with E-state index in [2.05, 4.69) is 10.3 Å². The largest absolute Gasteiger partial charge is 0.497 e. The molecule has 0 saturated heterocycles. The third-order valence-corrected chi connectivity index (χ3v) is 6.40. The predicted octanol–water partition coefficient (Wildman–Crippen LogP) is 5.07. The van der Waals surface area contributed by atoms with Gasteiger partial charge < -0.3 is 14.8 Å². The van der Waals surface area contributed by atoms with E-state index in [-0.39, 0.29) is 17.6 Å². The van der Waals surface area contributed by atoms with Gasteiger partial charge in [0.1, 0.15) is 29.1 Å². The van der Waals surface area contributed by atoms with Crippen molar-refractivity contribution in [2.45, 2.75) is 44.2 Å². The molecule has 4 rings (SSSR count). The first kappa shape index (κ1) is 25.2. The molecule has 3 aromatic rings. The summed E-state index contributed by atoms with van der Waals surface area (Å²) in [6.45, 7) is 0. The number of rotatable bonds is 8. The van der Waals surface area contributed by atoms with Crippen molar-refractivity contribution in [1.29, 1.82) is 0 Å². The van der Waals surface area contributed by atoms with Crippen LogP contribution in [0, 0.1) is 5.82 Å². The lowest BCUT2D eigenvalue weighted by Gasteiger charge is -2.34. The monoisotopic (exact) mass is 491 g/mol. The molecule has 8 heteroatoms. The van der Waals surface area contributed by atoms with Gasteiger partial charge in [-0.1, -0.05) is 25.3 Å². The zero-order chi connectivity index (χ0) is 25.5. The Morgan fingerprint density at radius 3 is 2.39 bits per heavy atom. The summed E-state index contributed by atoms with van der Waals surface area (Å²) < 4.78 is 24.9. The summed E-state index contributed by atoms with van der Waals surface area (Å²) >= 11 is 0. The zero-order valence-electron chi connectivity index (χ0n) is 20.4. The Hall–Kier alpha value is -3.94. The highest BCUT2D eigenvalue weighted by Gasteiger charge is 2.37. The Morgan fingerprint density at radius 2 is 1.75 bits per heavy atom. The van der Waals surface area contributed by atoms with Gasteiger partial charge in [-0.3, -0.25) is 19.5 Å². The molecule has 7 nitrogen and oxygen atoms in total. The maximum Gasteiger partial charge on any atom is 0.277 e. The molecule has 1 N–H and O–H groups in total. The molecule has 0 radical (unpaired) electrons. The number of carbonyl (C=O) groups is 2. The van der Waals surface area contributed by atoms with Crippen LogP contribution in [0.3, 0.4) is 0 Å². The van der Waals surface area contributed by atoms with Gasteiger partial charge in [0.25, 0.3) is 5.91 Å². The topological polar surface area (TPSA) is 80.8 Å². The van der Waals surface area contributed by atoms with E-state index in [1.807, 2.05) is 0 Å². The van der Waals surface area contributed by atoms with Gasteiger partial charge in [0.05, 0.1) is 14.2 Å². The standard InChI is InChI=1S/C28H30FN3O4/c1-35-22-15-16-25(36-2)23(18-22)26(27(33)31-20-8-4-3-5-9-20)32(21-13-11-19(29)12-14-21)28(34)24-10-6-7-17-30-24/h6-7,10-18,20,26H,3-5,8-9H2,1-2H3,(H,31,33)/t26-/m1/s1. The number of aromatic nitrogens is 1. The van der Waals surface area contributed by atoms with E-state index in [1.54, 1.807) is 36.4 Å². The van der Waals surface area contributed by atoms with Gasteiger partial charge in [-0.25, -0.2) is 4.39 Å². The van der Waals surface area contributed by atoms with E-state index in [0.717, 1.165) is 32.1 Å². The fourth-order valence-electron chi connectivity index (χ4n) is 4.58. The smallest absolute Gasteiger partial charge is 0.277 e. The van der Waals surface area contributed by atoms with Gasteiger partial charge in [0, 0.05) is 23.5 Å². The summed E-state index contributed by atoms with van der Waals surface area (Å²) in [4.78, 5) is 33.5. The van der Waals surface area contributed by atoms with Gasteiger partial charge in [-0.05, 0) is 67.4 Å². The molecular weight excluding hydrogens is 461 g/mol. The Labute approximate surface area is 210 Å². The number of ether oxygens (including phenoxy) is 2. The van der Waals surface area contributed by atoms with E-state index in [1.165, 1.54) is 49.6 Å². The summed E-state index contributed by atoms with van der Waals surface area (Å²) in [5.41, 5.74) is 0.943. The van der Waals surface area contributed by atoms with Crippen LogP contribution in [0.15, 0.2) is 66.9 Å². The molecule has 0 unspecified atom stereocenters. The molecule has 1 atom stereocenters. The molecule has 1 aliphatic carbocycles. The summed E-state index contributed by atoms with van der Waals surface area (Å²) in [5.74, 6) is -0.393. The minimum Gasteiger partial charge on any atom is -0.497 e. The maximum absolute atomic E-state index is 14.0. The molecule has 188 valence electrons. The molecular formula is C28H30FN3O4.